The molecule has 3 N–H and O–H groups in total. The molecule has 1 amide bonds. The third-order valence-electron chi connectivity index (χ3n) is 4.81. The van der Waals surface area contributed by atoms with Crippen molar-refractivity contribution in [2.75, 3.05) is 14.2 Å². The standard InChI is InChI=1S/C18H19NO7/c1-7-14(21)13-9-5-11(26-18(24)19-2)16(23)12(9)8(6-20)4-10(13)15(22)17(7)25-3/h4,11,16,20,23H,5-6H2,1-3H3,(H,19,24). The zero-order valence-corrected chi connectivity index (χ0v) is 14.6. The highest BCUT2D eigenvalue weighted by Gasteiger charge is 2.42. The molecule has 2 aliphatic carbocycles. The van der Waals surface area contributed by atoms with Crippen molar-refractivity contribution >= 4 is 17.7 Å². The van der Waals surface area contributed by atoms with E-state index < -0.39 is 30.7 Å². The number of carbonyl (C=O) groups excluding carboxylic acids is 3. The molecule has 2 atom stereocenters. The van der Waals surface area contributed by atoms with Gasteiger partial charge in [0.2, 0.25) is 5.78 Å². The molecule has 0 aliphatic heterocycles. The monoisotopic (exact) mass is 361 g/mol. The molecule has 2 aliphatic rings. The molecular weight excluding hydrogens is 342 g/mol. The summed E-state index contributed by atoms with van der Waals surface area (Å²) in [4.78, 5) is 37.0. The maximum Gasteiger partial charge on any atom is 0.407 e. The Kier molecular flexibility index (Phi) is 4.55. The predicted octanol–water partition coefficient (Wildman–Crippen LogP) is 0.792. The molecule has 3 rings (SSSR count). The first kappa shape index (κ1) is 18.1. The molecular formula is C18H19NO7. The van der Waals surface area contributed by atoms with E-state index in [1.165, 1.54) is 27.1 Å². The van der Waals surface area contributed by atoms with Crippen LogP contribution in [-0.2, 0) is 22.5 Å². The van der Waals surface area contributed by atoms with Crippen molar-refractivity contribution in [1.82, 2.24) is 5.32 Å². The molecule has 8 heteroatoms. The molecule has 0 bridgehead atoms. The molecule has 0 saturated heterocycles. The van der Waals surface area contributed by atoms with E-state index in [1.54, 1.807) is 0 Å². The maximum absolute atomic E-state index is 12.8. The molecule has 0 saturated carbocycles. The van der Waals surface area contributed by atoms with Gasteiger partial charge in [0, 0.05) is 30.2 Å². The number of ketones is 2. The van der Waals surface area contributed by atoms with Crippen LogP contribution in [0.15, 0.2) is 17.4 Å². The van der Waals surface area contributed by atoms with Crippen molar-refractivity contribution in [2.24, 2.45) is 0 Å². The van der Waals surface area contributed by atoms with Crippen molar-refractivity contribution in [2.45, 2.75) is 32.2 Å². The van der Waals surface area contributed by atoms with Crippen LogP contribution in [0, 0.1) is 0 Å². The number of nitrogens with one attached hydrogen (secondary N) is 1. The fraction of sp³-hybridized carbons (Fsp3) is 0.389. The normalized spacial score (nSPS) is 21.4. The van der Waals surface area contributed by atoms with Gasteiger partial charge in [-0.2, -0.15) is 0 Å². The molecule has 26 heavy (non-hydrogen) atoms. The lowest BCUT2D eigenvalue weighted by atomic mass is 9.82. The highest BCUT2D eigenvalue weighted by atomic mass is 16.6. The largest absolute Gasteiger partial charge is 0.492 e. The lowest BCUT2D eigenvalue weighted by Crippen LogP contribution is -2.28. The van der Waals surface area contributed by atoms with Crippen molar-refractivity contribution in [3.63, 3.8) is 0 Å². The molecule has 0 heterocycles. The molecule has 2 unspecified atom stereocenters. The van der Waals surface area contributed by atoms with E-state index in [0.717, 1.165) is 0 Å². The van der Waals surface area contributed by atoms with Gasteiger partial charge in [0.15, 0.2) is 11.5 Å². The number of Topliss-reactive ketones (excluding diaryl/α,β-unsaturated/α-hetero) is 2. The summed E-state index contributed by atoms with van der Waals surface area (Å²) in [7, 11) is 2.70. The van der Waals surface area contributed by atoms with Crippen LogP contribution < -0.4 is 5.32 Å². The van der Waals surface area contributed by atoms with Gasteiger partial charge >= 0.3 is 6.09 Å². The predicted molar refractivity (Wildman–Crippen MR) is 88.7 cm³/mol. The summed E-state index contributed by atoms with van der Waals surface area (Å²) in [5, 5.41) is 22.6. The smallest absolute Gasteiger partial charge is 0.407 e. The zero-order valence-electron chi connectivity index (χ0n) is 14.6. The minimum absolute atomic E-state index is 0.0388. The van der Waals surface area contributed by atoms with Crippen molar-refractivity contribution in [1.29, 1.82) is 0 Å². The van der Waals surface area contributed by atoms with Gasteiger partial charge < -0.3 is 25.0 Å². The summed E-state index contributed by atoms with van der Waals surface area (Å²) >= 11 is 0. The Hall–Kier alpha value is -2.71. The average Bonchev–Trinajstić information content (AvgIpc) is 2.95. The van der Waals surface area contributed by atoms with Crippen LogP contribution in [-0.4, -0.2) is 48.1 Å². The van der Waals surface area contributed by atoms with Crippen LogP contribution >= 0.6 is 0 Å². The lowest BCUT2D eigenvalue weighted by molar-refractivity contribution is 0.0132. The van der Waals surface area contributed by atoms with Gasteiger partial charge in [-0.3, -0.25) is 9.59 Å². The number of hydrogen-bond acceptors (Lipinski definition) is 7. The molecule has 8 nitrogen and oxygen atoms in total. The first-order valence-electron chi connectivity index (χ1n) is 8.05. The van der Waals surface area contributed by atoms with Gasteiger partial charge in [-0.25, -0.2) is 4.79 Å². The number of ether oxygens (including phenoxy) is 2. The van der Waals surface area contributed by atoms with Crippen LogP contribution in [0.25, 0.3) is 0 Å². The number of amides is 1. The first-order valence-corrected chi connectivity index (χ1v) is 8.05. The third kappa shape index (κ3) is 2.49. The number of alkyl carbamates (subject to hydrolysis) is 1. The molecule has 138 valence electrons. The fourth-order valence-corrected chi connectivity index (χ4v) is 3.60. The second-order valence-electron chi connectivity index (χ2n) is 6.17. The highest BCUT2D eigenvalue weighted by molar-refractivity contribution is 6.26. The number of fused-ring (bicyclic) bond motifs is 3. The molecule has 0 spiro atoms. The van der Waals surface area contributed by atoms with Gasteiger partial charge in [0.05, 0.1) is 13.7 Å². The summed E-state index contributed by atoms with van der Waals surface area (Å²) < 4.78 is 10.2. The van der Waals surface area contributed by atoms with Crippen molar-refractivity contribution in [3.05, 3.63) is 45.2 Å². The summed E-state index contributed by atoms with van der Waals surface area (Å²) in [6, 6.07) is 1.39. The van der Waals surface area contributed by atoms with E-state index in [0.29, 0.717) is 16.7 Å². The topological polar surface area (TPSA) is 122 Å². The van der Waals surface area contributed by atoms with Crippen LogP contribution in [0.3, 0.4) is 0 Å². The number of rotatable bonds is 3. The van der Waals surface area contributed by atoms with E-state index in [2.05, 4.69) is 5.32 Å². The second kappa shape index (κ2) is 6.54. The van der Waals surface area contributed by atoms with Crippen LogP contribution in [0.1, 0.15) is 50.4 Å². The number of aliphatic hydroxyl groups excluding tert-OH is 2. The van der Waals surface area contributed by atoms with Crippen molar-refractivity contribution in [3.8, 4) is 0 Å². The van der Waals surface area contributed by atoms with Crippen LogP contribution in [0.4, 0.5) is 4.79 Å². The number of aliphatic hydroxyl groups is 2. The van der Waals surface area contributed by atoms with E-state index in [-0.39, 0.29) is 34.7 Å². The maximum atomic E-state index is 12.8. The average molecular weight is 361 g/mol. The summed E-state index contributed by atoms with van der Waals surface area (Å²) in [6.45, 7) is 1.06. The second-order valence-corrected chi connectivity index (χ2v) is 6.17. The zero-order chi connectivity index (χ0) is 19.2. The summed E-state index contributed by atoms with van der Waals surface area (Å²) in [6.07, 6.45) is -2.78. The third-order valence-corrected chi connectivity index (χ3v) is 4.81. The minimum atomic E-state index is -1.20. The van der Waals surface area contributed by atoms with Crippen LogP contribution in [0.2, 0.25) is 0 Å². The Bertz CT molecular complexity index is 856. The Morgan fingerprint density at radius 3 is 2.62 bits per heavy atom. The molecule has 0 aromatic heterocycles. The number of benzene rings is 1. The molecule has 0 fully saturated rings. The van der Waals surface area contributed by atoms with Gasteiger partial charge in [0.25, 0.3) is 0 Å². The van der Waals surface area contributed by atoms with Gasteiger partial charge in [-0.05, 0) is 29.7 Å². The lowest BCUT2D eigenvalue weighted by Gasteiger charge is -2.22. The van der Waals surface area contributed by atoms with E-state index in [4.69, 9.17) is 9.47 Å². The van der Waals surface area contributed by atoms with Gasteiger partial charge in [-0.15, -0.1) is 0 Å². The Morgan fingerprint density at radius 1 is 1.35 bits per heavy atom. The minimum Gasteiger partial charge on any atom is -0.492 e. The van der Waals surface area contributed by atoms with E-state index in [9.17, 15) is 24.6 Å². The van der Waals surface area contributed by atoms with Gasteiger partial charge in [-0.1, -0.05) is 0 Å². The molecule has 1 aromatic carbocycles. The number of allylic oxidation sites excluding steroid dienone is 2. The quantitative estimate of drug-likeness (QED) is 0.727. The van der Waals surface area contributed by atoms with Crippen LogP contribution in [0.5, 0.6) is 0 Å². The van der Waals surface area contributed by atoms with E-state index in [1.807, 2.05) is 0 Å². The van der Waals surface area contributed by atoms with Crippen molar-refractivity contribution < 1.29 is 34.1 Å². The molecule has 1 aromatic rings. The summed E-state index contributed by atoms with van der Waals surface area (Å²) in [5.74, 6) is -0.879. The highest BCUT2D eigenvalue weighted by Crippen LogP contribution is 2.42. The van der Waals surface area contributed by atoms with Gasteiger partial charge in [0.1, 0.15) is 12.2 Å². The molecule has 0 radical (unpaired) electrons. The summed E-state index contributed by atoms with van der Waals surface area (Å²) in [5.41, 5.74) is 1.52. The fourth-order valence-electron chi connectivity index (χ4n) is 3.60. The van der Waals surface area contributed by atoms with E-state index >= 15 is 0 Å². The SMILES string of the molecule is CNC(=O)OC1Cc2c3c(cc(CO)c2C1O)C(=O)C(OC)=C(C)C3=O. The first-order chi connectivity index (χ1) is 12.3. The Balaban J connectivity index is 2.18. The number of carbonyl (C=O) groups is 3. The Morgan fingerprint density at radius 2 is 2.04 bits per heavy atom. The number of hydrogen-bond donors (Lipinski definition) is 3. The Labute approximate surface area is 149 Å². The number of methoxy groups -OCH3 is 1.